The van der Waals surface area contributed by atoms with E-state index in [1.54, 1.807) is 24.3 Å². The summed E-state index contributed by atoms with van der Waals surface area (Å²) in [6.07, 6.45) is 0.315. The number of para-hydroxylation sites is 1. The highest BCUT2D eigenvalue weighted by Crippen LogP contribution is 2.21. The summed E-state index contributed by atoms with van der Waals surface area (Å²) in [4.78, 5) is 30.3. The fraction of sp³-hybridized carbons (Fsp3) is 0.360. The number of morpholine rings is 1. The molecule has 0 spiro atoms. The van der Waals surface area contributed by atoms with Crippen molar-refractivity contribution in [1.29, 1.82) is 0 Å². The van der Waals surface area contributed by atoms with Gasteiger partial charge in [-0.05, 0) is 42.3 Å². The number of nitrogens with zero attached hydrogens (tertiary/aromatic N) is 1. The van der Waals surface area contributed by atoms with Crippen LogP contribution >= 0.6 is 23.4 Å². The number of aromatic amines is 1. The quantitative estimate of drug-likeness (QED) is 0.390. The maximum absolute atomic E-state index is 12.9. The molecule has 2 heterocycles. The van der Waals surface area contributed by atoms with Gasteiger partial charge in [0.1, 0.15) is 5.44 Å². The SMILES string of the molecule is O=C(NC(Cc1cc(=O)[nH]c2ccccc12)C(O)SCCN1CCOCC1)c1ccc(Cl)cc1. The van der Waals surface area contributed by atoms with Crippen molar-refractivity contribution < 1.29 is 14.6 Å². The highest BCUT2D eigenvalue weighted by molar-refractivity contribution is 7.99. The minimum atomic E-state index is -0.852. The lowest BCUT2D eigenvalue weighted by molar-refractivity contribution is 0.0409. The summed E-state index contributed by atoms with van der Waals surface area (Å²) >= 11 is 7.35. The molecule has 0 radical (unpaired) electrons. The van der Waals surface area contributed by atoms with E-state index in [1.165, 1.54) is 17.8 Å². The molecule has 3 N–H and O–H groups in total. The van der Waals surface area contributed by atoms with E-state index in [9.17, 15) is 14.7 Å². The van der Waals surface area contributed by atoms with Crippen LogP contribution in [0.3, 0.4) is 0 Å². The normalized spacial score (nSPS) is 16.3. The number of nitrogens with one attached hydrogen (secondary N) is 2. The van der Waals surface area contributed by atoms with Crippen LogP contribution in [0.4, 0.5) is 0 Å². The van der Waals surface area contributed by atoms with Gasteiger partial charge in [-0.2, -0.15) is 0 Å². The molecule has 3 aromatic rings. The Morgan fingerprint density at radius 1 is 1.18 bits per heavy atom. The fourth-order valence-corrected chi connectivity index (χ4v) is 5.13. The molecule has 180 valence electrons. The van der Waals surface area contributed by atoms with Crippen molar-refractivity contribution in [2.45, 2.75) is 17.9 Å². The molecule has 9 heteroatoms. The lowest BCUT2D eigenvalue weighted by Gasteiger charge is -2.28. The van der Waals surface area contributed by atoms with Gasteiger partial charge in [-0.15, -0.1) is 11.8 Å². The molecule has 1 saturated heterocycles. The Kier molecular flexibility index (Phi) is 8.64. The van der Waals surface area contributed by atoms with Gasteiger partial charge in [0.2, 0.25) is 5.56 Å². The van der Waals surface area contributed by atoms with Crippen LogP contribution < -0.4 is 10.9 Å². The molecule has 1 amide bonds. The molecule has 34 heavy (non-hydrogen) atoms. The molecule has 1 aliphatic rings. The number of aliphatic hydroxyl groups excluding tert-OH is 1. The molecule has 7 nitrogen and oxygen atoms in total. The van der Waals surface area contributed by atoms with Crippen LogP contribution in [0.15, 0.2) is 59.4 Å². The van der Waals surface area contributed by atoms with Crippen LogP contribution in [0.25, 0.3) is 10.9 Å². The number of hydrogen-bond donors (Lipinski definition) is 3. The van der Waals surface area contributed by atoms with Crippen LogP contribution in [0.1, 0.15) is 15.9 Å². The number of rotatable bonds is 9. The second kappa shape index (κ2) is 11.9. The Morgan fingerprint density at radius 2 is 1.91 bits per heavy atom. The monoisotopic (exact) mass is 501 g/mol. The molecule has 2 unspecified atom stereocenters. The van der Waals surface area contributed by atoms with E-state index in [-0.39, 0.29) is 11.5 Å². The van der Waals surface area contributed by atoms with Crippen molar-refractivity contribution in [2.75, 3.05) is 38.6 Å². The maximum Gasteiger partial charge on any atom is 0.251 e. The van der Waals surface area contributed by atoms with E-state index >= 15 is 0 Å². The molecule has 1 fully saturated rings. The first kappa shape index (κ1) is 24.8. The molecular formula is C25H28ClN3O4S. The number of thioether (sulfide) groups is 1. The molecular weight excluding hydrogens is 474 g/mol. The van der Waals surface area contributed by atoms with E-state index in [0.717, 1.165) is 49.3 Å². The Labute approximate surface area is 207 Å². The average molecular weight is 502 g/mol. The van der Waals surface area contributed by atoms with Gasteiger partial charge in [0.15, 0.2) is 0 Å². The second-order valence-electron chi connectivity index (χ2n) is 8.21. The summed E-state index contributed by atoms with van der Waals surface area (Å²) in [6.45, 7) is 4.04. The second-order valence-corrected chi connectivity index (χ2v) is 9.87. The summed E-state index contributed by atoms with van der Waals surface area (Å²) in [5.41, 5.74) is 0.882. The highest BCUT2D eigenvalue weighted by atomic mass is 35.5. The van der Waals surface area contributed by atoms with Crippen LogP contribution in [0.5, 0.6) is 0 Å². The number of H-pyrrole nitrogens is 1. The molecule has 1 aliphatic heterocycles. The zero-order valence-corrected chi connectivity index (χ0v) is 20.3. The van der Waals surface area contributed by atoms with Gasteiger partial charge < -0.3 is 20.1 Å². The van der Waals surface area contributed by atoms with Gasteiger partial charge in [-0.1, -0.05) is 29.8 Å². The number of aromatic nitrogens is 1. The summed E-state index contributed by atoms with van der Waals surface area (Å²) in [7, 11) is 0. The van der Waals surface area contributed by atoms with Crippen LogP contribution in [0, 0.1) is 0 Å². The van der Waals surface area contributed by atoms with Crippen molar-refractivity contribution in [3.8, 4) is 0 Å². The van der Waals surface area contributed by atoms with Crippen molar-refractivity contribution >= 4 is 40.2 Å². The largest absolute Gasteiger partial charge is 0.380 e. The third kappa shape index (κ3) is 6.61. The Bertz CT molecular complexity index is 1160. The van der Waals surface area contributed by atoms with E-state index in [2.05, 4.69) is 15.2 Å². The summed E-state index contributed by atoms with van der Waals surface area (Å²) in [6, 6.07) is 15.1. The molecule has 2 aromatic carbocycles. The number of fused-ring (bicyclic) bond motifs is 1. The van der Waals surface area contributed by atoms with Crippen LogP contribution in [0.2, 0.25) is 5.02 Å². The third-order valence-corrected chi connectivity index (χ3v) is 7.18. The predicted octanol–water partition coefficient (Wildman–Crippen LogP) is 2.91. The first-order valence-corrected chi connectivity index (χ1v) is 12.7. The summed E-state index contributed by atoms with van der Waals surface area (Å²) in [5.74, 6) is 0.411. The zero-order valence-electron chi connectivity index (χ0n) is 18.7. The number of halogens is 1. The fourth-order valence-electron chi connectivity index (χ4n) is 4.00. The smallest absolute Gasteiger partial charge is 0.251 e. The van der Waals surface area contributed by atoms with Crippen molar-refractivity contribution in [3.63, 3.8) is 0 Å². The molecule has 0 bridgehead atoms. The van der Waals surface area contributed by atoms with Gasteiger partial charge in [0.25, 0.3) is 5.91 Å². The van der Waals surface area contributed by atoms with Gasteiger partial charge in [0.05, 0.1) is 19.3 Å². The molecule has 2 atom stereocenters. The number of ether oxygens (including phenoxy) is 1. The Morgan fingerprint density at radius 3 is 2.68 bits per heavy atom. The third-order valence-electron chi connectivity index (χ3n) is 5.84. The molecule has 0 saturated carbocycles. The van der Waals surface area contributed by atoms with Crippen molar-refractivity contribution in [2.24, 2.45) is 0 Å². The minimum Gasteiger partial charge on any atom is -0.380 e. The number of amides is 1. The van der Waals surface area contributed by atoms with Crippen molar-refractivity contribution in [1.82, 2.24) is 15.2 Å². The van der Waals surface area contributed by atoms with E-state index in [1.807, 2.05) is 24.3 Å². The number of pyridine rings is 1. The van der Waals surface area contributed by atoms with E-state index < -0.39 is 11.5 Å². The topological polar surface area (TPSA) is 94.7 Å². The summed E-state index contributed by atoms with van der Waals surface area (Å²) < 4.78 is 5.39. The standard InChI is InChI=1S/C25H28ClN3O4S/c26-19-7-5-17(6-8-19)24(31)28-22(25(32)34-14-11-29-9-12-33-13-10-29)15-18-16-23(30)27-21-4-2-1-3-20(18)21/h1-8,16,22,25,32H,9-15H2,(H,27,30)(H,28,31). The van der Waals surface area contributed by atoms with E-state index in [0.29, 0.717) is 22.8 Å². The lowest BCUT2D eigenvalue weighted by Crippen LogP contribution is -2.44. The highest BCUT2D eigenvalue weighted by Gasteiger charge is 2.24. The average Bonchev–Trinajstić information content (AvgIpc) is 2.84. The molecule has 4 rings (SSSR count). The lowest BCUT2D eigenvalue weighted by atomic mass is 10.0. The van der Waals surface area contributed by atoms with Crippen molar-refractivity contribution in [3.05, 3.63) is 81.1 Å². The number of carbonyl (C=O) groups excluding carboxylic acids is 1. The van der Waals surface area contributed by atoms with Crippen LogP contribution in [-0.4, -0.2) is 71.0 Å². The van der Waals surface area contributed by atoms with Gasteiger partial charge >= 0.3 is 0 Å². The molecule has 1 aromatic heterocycles. The first-order valence-electron chi connectivity index (χ1n) is 11.3. The Balaban J connectivity index is 1.51. The predicted molar refractivity (Wildman–Crippen MR) is 137 cm³/mol. The van der Waals surface area contributed by atoms with Gasteiger partial charge in [-0.3, -0.25) is 14.5 Å². The first-order chi connectivity index (χ1) is 16.5. The molecule has 0 aliphatic carbocycles. The van der Waals surface area contributed by atoms with Crippen LogP contribution in [-0.2, 0) is 11.2 Å². The zero-order chi connectivity index (χ0) is 23.9. The number of carbonyl (C=O) groups is 1. The minimum absolute atomic E-state index is 0.217. The number of aliphatic hydroxyl groups is 1. The number of benzene rings is 2. The van der Waals surface area contributed by atoms with Gasteiger partial charge in [-0.25, -0.2) is 0 Å². The van der Waals surface area contributed by atoms with E-state index in [4.69, 9.17) is 16.3 Å². The maximum atomic E-state index is 12.9. The Hall–Kier alpha value is -2.36. The van der Waals surface area contributed by atoms with Gasteiger partial charge in [0, 0.05) is 52.9 Å². The number of hydrogen-bond acceptors (Lipinski definition) is 6. The summed E-state index contributed by atoms with van der Waals surface area (Å²) in [5, 5.41) is 15.5.